The number of fused-ring (bicyclic) bond motifs is 14. The maximum Gasteiger partial charge on any atom is 0.143 e. The lowest BCUT2D eigenvalue weighted by Crippen LogP contribution is -2.38. The van der Waals surface area contributed by atoms with Crippen LogP contribution in [-0.2, 0) is 21.7 Å². The van der Waals surface area contributed by atoms with E-state index < -0.39 is 10.8 Å². The van der Waals surface area contributed by atoms with Crippen LogP contribution in [0.15, 0.2) is 276 Å². The number of benzene rings is 13. The van der Waals surface area contributed by atoms with Crippen molar-refractivity contribution in [3.63, 3.8) is 0 Å². The second-order valence-electron chi connectivity index (χ2n) is 28.8. The van der Waals surface area contributed by atoms with Crippen molar-refractivity contribution in [2.75, 3.05) is 9.80 Å². The lowest BCUT2D eigenvalue weighted by atomic mass is 9.65. The Kier molecular flexibility index (Phi) is 11.3. The maximum atomic E-state index is 6.72. The third-order valence-corrected chi connectivity index (χ3v) is 22.2. The maximum absolute atomic E-state index is 6.72. The van der Waals surface area contributed by atoms with E-state index in [-0.39, 0.29) is 10.8 Å². The Morgan fingerprint density at radius 1 is 0.223 bits per heavy atom. The predicted octanol–water partition coefficient (Wildman–Crippen LogP) is 25.0. The van der Waals surface area contributed by atoms with Gasteiger partial charge in [0.25, 0.3) is 0 Å². The fraction of sp³-hybridized carbons (Fsp3) is 0.133. The Hall–Kier alpha value is -10.9. The second kappa shape index (κ2) is 19.3. The van der Waals surface area contributed by atoms with Crippen molar-refractivity contribution >= 4 is 78.0 Å². The number of anilines is 6. The van der Waals surface area contributed by atoms with Crippen LogP contribution in [0.4, 0.5) is 34.1 Å². The molecule has 4 nitrogen and oxygen atoms in total. The second-order valence-corrected chi connectivity index (χ2v) is 28.8. The summed E-state index contributed by atoms with van der Waals surface area (Å²) in [6.45, 7) is 19.5. The molecule has 94 heavy (non-hydrogen) atoms. The Bertz CT molecular complexity index is 5410. The minimum absolute atomic E-state index is 0.327. The molecule has 2 aromatic heterocycles. The molecule has 6 heterocycles. The van der Waals surface area contributed by atoms with Gasteiger partial charge in [0.15, 0.2) is 0 Å². The average Bonchev–Trinajstić information content (AvgIpc) is 0.961. The fourth-order valence-electron chi connectivity index (χ4n) is 17.0. The number of rotatable bonds is 6. The molecular weight excluding hydrogens is 1140 g/mol. The van der Waals surface area contributed by atoms with Crippen molar-refractivity contribution in [3.8, 4) is 66.8 Å². The first kappa shape index (κ1) is 54.8. The van der Waals surface area contributed by atoms with Gasteiger partial charge in [0, 0.05) is 54.3 Å². The lowest BCUT2D eigenvalue weighted by molar-refractivity contribution is 0.597. The number of hydrogen-bond donors (Lipinski definition) is 0. The molecule has 0 unspecified atom stereocenters. The molecule has 0 fully saturated rings. The number of hydrogen-bond acceptors (Lipinski definition) is 4. The third-order valence-electron chi connectivity index (χ3n) is 22.2. The van der Waals surface area contributed by atoms with Crippen molar-refractivity contribution in [2.24, 2.45) is 0 Å². The van der Waals surface area contributed by atoms with E-state index in [0.717, 1.165) is 66.1 Å². The van der Waals surface area contributed by atoms with Gasteiger partial charge in [-0.25, -0.2) is 0 Å². The van der Waals surface area contributed by atoms with Crippen LogP contribution in [0.5, 0.6) is 0 Å². The highest BCUT2D eigenvalue weighted by Gasteiger charge is 2.48. The van der Waals surface area contributed by atoms with E-state index in [2.05, 4.69) is 332 Å². The summed E-state index contributed by atoms with van der Waals surface area (Å²) in [5, 5.41) is 4.52. The van der Waals surface area contributed by atoms with Crippen molar-refractivity contribution < 1.29 is 8.83 Å². The Labute approximate surface area is 548 Å². The predicted molar refractivity (Wildman–Crippen MR) is 391 cm³/mol. The summed E-state index contributed by atoms with van der Waals surface area (Å²) in [6, 6.07) is 99.8. The van der Waals surface area contributed by atoms with E-state index in [4.69, 9.17) is 8.83 Å². The van der Waals surface area contributed by atoms with Gasteiger partial charge in [0.2, 0.25) is 0 Å². The molecule has 0 atom stereocenters. The van der Waals surface area contributed by atoms with Crippen LogP contribution in [0.1, 0.15) is 99.9 Å². The molecule has 0 radical (unpaired) electrons. The van der Waals surface area contributed by atoms with Crippen LogP contribution < -0.4 is 9.80 Å². The van der Waals surface area contributed by atoms with E-state index in [1.807, 2.05) is 0 Å². The highest BCUT2D eigenvalue weighted by atomic mass is 16.3. The van der Waals surface area contributed by atoms with E-state index in [9.17, 15) is 0 Å². The lowest BCUT2D eigenvalue weighted by Gasteiger charge is -2.50. The van der Waals surface area contributed by atoms with Crippen molar-refractivity contribution in [1.82, 2.24) is 0 Å². The van der Waals surface area contributed by atoms with E-state index in [1.165, 1.54) is 123 Å². The molecule has 0 saturated carbocycles. The van der Waals surface area contributed by atoms with Gasteiger partial charge in [-0.1, -0.05) is 237 Å². The Morgan fingerprint density at radius 2 is 0.500 bits per heavy atom. The number of para-hydroxylation sites is 4. The molecule has 4 aliphatic heterocycles. The van der Waals surface area contributed by atoms with Gasteiger partial charge in [-0.15, -0.1) is 0 Å². The van der Waals surface area contributed by atoms with E-state index >= 15 is 0 Å². The molecular formula is C90H68N2O2. The first-order chi connectivity index (χ1) is 45.6. The largest absolute Gasteiger partial charge is 0.455 e. The molecule has 0 bridgehead atoms. The first-order valence-electron chi connectivity index (χ1n) is 33.2. The molecule has 0 aliphatic carbocycles. The first-order valence-corrected chi connectivity index (χ1v) is 33.2. The van der Waals surface area contributed by atoms with Gasteiger partial charge in [0.05, 0.1) is 34.1 Å². The van der Waals surface area contributed by atoms with Crippen LogP contribution in [0.25, 0.3) is 111 Å². The van der Waals surface area contributed by atoms with Crippen molar-refractivity contribution in [1.29, 1.82) is 0 Å². The van der Waals surface area contributed by atoms with Crippen LogP contribution in [-0.4, -0.2) is 0 Å². The minimum Gasteiger partial charge on any atom is -0.455 e. The Morgan fingerprint density at radius 3 is 0.862 bits per heavy atom. The van der Waals surface area contributed by atoms with Gasteiger partial charge in [-0.05, 0) is 185 Å². The molecule has 4 heteroatoms. The highest BCUT2D eigenvalue weighted by molar-refractivity contribution is 6.11. The summed E-state index contributed by atoms with van der Waals surface area (Å²) in [7, 11) is 0. The smallest absolute Gasteiger partial charge is 0.143 e. The van der Waals surface area contributed by atoms with Crippen LogP contribution in [0, 0.1) is 0 Å². The van der Waals surface area contributed by atoms with E-state index in [1.54, 1.807) is 0 Å². The quantitative estimate of drug-likeness (QED) is 0.166. The summed E-state index contributed by atoms with van der Waals surface area (Å²) < 4.78 is 13.4. The summed E-state index contributed by atoms with van der Waals surface area (Å²) in [5.41, 5.74) is 34.2. The van der Waals surface area contributed by atoms with Crippen LogP contribution in [0.2, 0.25) is 0 Å². The standard InChI is InChI=1S/C90H68N2O2/c1-87(2)69-45-57(53-21-11-9-12-22-53)37-41-77(69)91-78-42-38-58(54-23-13-10-14-24-54)46-70(78)88(3,4)74-50-61(49-73(87)83(74)91)55-33-35-56(36-34-55)62-51-75-84-76(52-62)90(7,8)72-48-60(64-28-20-30-68-66-26-16-18-32-82(66)94-86(64)68)40-44-80(72)92(84)79-43-39-59(47-71(79)89(75,5)6)63-27-19-29-67-65-25-15-17-31-81(65)93-85(63)67/h9-52H,1-8H3. The topological polar surface area (TPSA) is 32.8 Å². The summed E-state index contributed by atoms with van der Waals surface area (Å²) in [4.78, 5) is 5.18. The molecule has 15 aromatic rings. The highest BCUT2D eigenvalue weighted by Crippen LogP contribution is 2.64. The van der Waals surface area contributed by atoms with Gasteiger partial charge >= 0.3 is 0 Å². The zero-order chi connectivity index (χ0) is 63.3. The van der Waals surface area contributed by atoms with Crippen molar-refractivity contribution in [3.05, 3.63) is 311 Å². The summed E-state index contributed by atoms with van der Waals surface area (Å²) >= 11 is 0. The summed E-state index contributed by atoms with van der Waals surface area (Å²) in [6.07, 6.45) is 0. The van der Waals surface area contributed by atoms with Gasteiger partial charge in [-0.3, -0.25) is 0 Å². The minimum atomic E-state index is -0.410. The fourth-order valence-corrected chi connectivity index (χ4v) is 17.0. The molecule has 4 aliphatic rings. The molecule has 0 saturated heterocycles. The molecule has 0 N–H and O–H groups in total. The van der Waals surface area contributed by atoms with Gasteiger partial charge in [-0.2, -0.15) is 0 Å². The normalized spacial score (nSPS) is 15.5. The monoisotopic (exact) mass is 1210 g/mol. The van der Waals surface area contributed by atoms with Crippen LogP contribution in [0.3, 0.4) is 0 Å². The van der Waals surface area contributed by atoms with Crippen LogP contribution >= 0.6 is 0 Å². The third kappa shape index (κ3) is 7.62. The molecule has 0 spiro atoms. The number of nitrogens with zero attached hydrogens (tertiary/aromatic N) is 2. The molecule has 19 rings (SSSR count). The van der Waals surface area contributed by atoms with Gasteiger partial charge < -0.3 is 18.6 Å². The molecule has 0 amide bonds. The summed E-state index contributed by atoms with van der Waals surface area (Å²) in [5.74, 6) is 0. The molecule has 13 aromatic carbocycles. The van der Waals surface area contributed by atoms with E-state index in [0.29, 0.717) is 0 Å². The SMILES string of the molecule is CC1(C)c2cc(-c3ccccc3)ccc2N2c3ccc(-c4ccccc4)cc3C(C)(C)c3cc(-c4ccc(-c5cc6c7c(c5)C(C)(C)c5cc(-c8cccc9c8oc8ccccc89)ccc5N7c5ccc(-c7cccc8c7oc7ccccc78)cc5C6(C)C)cc4)cc1c32. The molecule has 450 valence electrons. The van der Waals surface area contributed by atoms with Gasteiger partial charge in [0.1, 0.15) is 22.3 Å². The zero-order valence-electron chi connectivity index (χ0n) is 54.1. The zero-order valence-corrected chi connectivity index (χ0v) is 54.1. The Balaban J connectivity index is 0.777. The number of furan rings is 2. The average molecular weight is 1210 g/mol. The van der Waals surface area contributed by atoms with Crippen molar-refractivity contribution in [2.45, 2.75) is 77.0 Å².